The highest BCUT2D eigenvalue weighted by Crippen LogP contribution is 2.36. The summed E-state index contributed by atoms with van der Waals surface area (Å²) in [5, 5.41) is 0. The molecule has 0 amide bonds. The van der Waals surface area contributed by atoms with Crippen molar-refractivity contribution in [2.75, 3.05) is 0 Å². The third-order valence-electron chi connectivity index (χ3n) is 3.43. The summed E-state index contributed by atoms with van der Waals surface area (Å²) < 4.78 is 0. The van der Waals surface area contributed by atoms with Gasteiger partial charge in [-0.3, -0.25) is 0 Å². The summed E-state index contributed by atoms with van der Waals surface area (Å²) in [5.74, 6) is 1.62. The van der Waals surface area contributed by atoms with Crippen molar-refractivity contribution in [1.29, 1.82) is 0 Å². The first-order chi connectivity index (χ1) is 8.35. The maximum Gasteiger partial charge on any atom is 0.00497 e. The zero-order valence-corrected chi connectivity index (χ0v) is 10.9. The highest BCUT2D eigenvalue weighted by Gasteiger charge is 2.18. The summed E-state index contributed by atoms with van der Waals surface area (Å²) >= 11 is 0. The number of rotatable bonds is 4. The molecular weight excluding hydrogens is 204 g/mol. The topological polar surface area (TPSA) is 0 Å². The molecule has 0 bridgehead atoms. The van der Waals surface area contributed by atoms with Crippen LogP contribution in [0.15, 0.2) is 48.1 Å². The monoisotopic (exact) mass is 225 g/mol. The van der Waals surface area contributed by atoms with Crippen molar-refractivity contribution in [1.82, 2.24) is 0 Å². The molecule has 17 heavy (non-hydrogen) atoms. The van der Waals surface area contributed by atoms with Crippen LogP contribution < -0.4 is 0 Å². The lowest BCUT2D eigenvalue weighted by molar-refractivity contribution is 0.797. The van der Waals surface area contributed by atoms with Crippen LogP contribution in [-0.2, 0) is 0 Å². The fraction of sp³-hybridized carbons (Fsp3) is 0.353. The molecule has 0 N–H and O–H groups in total. The van der Waals surface area contributed by atoms with Gasteiger partial charge in [0.25, 0.3) is 0 Å². The molecule has 1 aromatic carbocycles. The van der Waals surface area contributed by atoms with Crippen LogP contribution in [-0.4, -0.2) is 0 Å². The summed E-state index contributed by atoms with van der Waals surface area (Å²) in [7, 11) is 0. The van der Waals surface area contributed by atoms with Crippen LogP contribution in [0.1, 0.15) is 45.1 Å². The van der Waals surface area contributed by atoms with Crippen molar-refractivity contribution in [2.45, 2.75) is 39.5 Å². The largest absolute Gasteiger partial charge is 0.0651 e. The normalized spacial score (nSPS) is 16.6. The molecular formula is C17H21. The Hall–Kier alpha value is -1.30. The summed E-state index contributed by atoms with van der Waals surface area (Å²) in [6.45, 7) is 4.53. The third kappa shape index (κ3) is 2.88. The molecule has 2 rings (SSSR count). The molecule has 0 saturated carbocycles. The number of benzene rings is 1. The molecule has 1 aliphatic carbocycles. The van der Waals surface area contributed by atoms with Crippen molar-refractivity contribution in [3.63, 3.8) is 0 Å². The fourth-order valence-electron chi connectivity index (χ4n) is 2.45. The predicted octanol–water partition coefficient (Wildman–Crippen LogP) is 5.18. The van der Waals surface area contributed by atoms with Gasteiger partial charge in [0.2, 0.25) is 0 Å². The highest BCUT2D eigenvalue weighted by molar-refractivity contribution is 5.71. The van der Waals surface area contributed by atoms with E-state index in [0.717, 1.165) is 6.42 Å². The van der Waals surface area contributed by atoms with Crippen LogP contribution >= 0.6 is 0 Å². The molecule has 0 heterocycles. The molecule has 0 unspecified atom stereocenters. The Morgan fingerprint density at radius 1 is 1.00 bits per heavy atom. The van der Waals surface area contributed by atoms with Crippen LogP contribution in [0.2, 0.25) is 0 Å². The van der Waals surface area contributed by atoms with Crippen LogP contribution in [0.4, 0.5) is 0 Å². The second-order valence-corrected chi connectivity index (χ2v) is 4.63. The van der Waals surface area contributed by atoms with Crippen molar-refractivity contribution in [3.05, 3.63) is 59.5 Å². The van der Waals surface area contributed by atoms with Gasteiger partial charge in [-0.25, -0.2) is 0 Å². The number of allylic oxidation sites excluding steroid dienone is 4. The maximum atomic E-state index is 2.33. The zero-order chi connectivity index (χ0) is 12.1. The Morgan fingerprint density at radius 3 is 2.41 bits per heavy atom. The minimum Gasteiger partial charge on any atom is -0.0651 e. The number of hydrogen-bond donors (Lipinski definition) is 0. The maximum absolute atomic E-state index is 2.33. The van der Waals surface area contributed by atoms with Gasteiger partial charge >= 0.3 is 0 Å². The molecule has 1 aliphatic rings. The van der Waals surface area contributed by atoms with E-state index in [-0.39, 0.29) is 0 Å². The molecule has 0 fully saturated rings. The highest BCUT2D eigenvalue weighted by atomic mass is 14.2. The molecule has 0 aromatic heterocycles. The quantitative estimate of drug-likeness (QED) is 0.662. The second kappa shape index (κ2) is 5.86. The molecule has 0 nitrogen and oxygen atoms in total. The van der Waals surface area contributed by atoms with Gasteiger partial charge in [-0.15, -0.1) is 0 Å². The Morgan fingerprint density at radius 2 is 1.76 bits per heavy atom. The van der Waals surface area contributed by atoms with Crippen LogP contribution in [0.25, 0.3) is 5.57 Å². The molecule has 0 saturated heterocycles. The third-order valence-corrected chi connectivity index (χ3v) is 3.43. The summed E-state index contributed by atoms with van der Waals surface area (Å²) in [4.78, 5) is 0. The van der Waals surface area contributed by atoms with E-state index in [1.54, 1.807) is 11.5 Å². The molecule has 0 aliphatic heterocycles. The van der Waals surface area contributed by atoms with E-state index in [1.807, 2.05) is 0 Å². The first-order valence-electron chi connectivity index (χ1n) is 6.65. The van der Waals surface area contributed by atoms with E-state index >= 15 is 0 Å². The van der Waals surface area contributed by atoms with Gasteiger partial charge in [0.15, 0.2) is 0 Å². The standard InChI is InChI=1S/C17H21/c1-3-8-15-11-12-17(13-14(15)4-2)16-9-6-5-7-10-16/h5-7,9-12H,3-4,8,13H2,1-2H3. The Bertz CT molecular complexity index is 409. The van der Waals surface area contributed by atoms with Crippen molar-refractivity contribution in [2.24, 2.45) is 0 Å². The molecule has 0 spiro atoms. The lowest BCUT2D eigenvalue weighted by atomic mass is 9.81. The fourth-order valence-corrected chi connectivity index (χ4v) is 2.45. The van der Waals surface area contributed by atoms with Gasteiger partial charge in [-0.05, 0) is 30.4 Å². The lowest BCUT2D eigenvalue weighted by Crippen LogP contribution is -2.05. The van der Waals surface area contributed by atoms with Gasteiger partial charge in [0, 0.05) is 5.92 Å². The van der Waals surface area contributed by atoms with Crippen molar-refractivity contribution in [3.8, 4) is 0 Å². The lowest BCUT2D eigenvalue weighted by Gasteiger charge is -2.23. The Labute approximate surface area is 105 Å². The van der Waals surface area contributed by atoms with Gasteiger partial charge in [0.05, 0.1) is 0 Å². The van der Waals surface area contributed by atoms with Crippen molar-refractivity contribution >= 4 is 5.57 Å². The van der Waals surface area contributed by atoms with E-state index in [2.05, 4.69) is 56.3 Å². The van der Waals surface area contributed by atoms with Crippen molar-refractivity contribution < 1.29 is 0 Å². The summed E-state index contributed by atoms with van der Waals surface area (Å²) in [5.41, 5.74) is 4.39. The molecule has 1 aromatic rings. The first kappa shape index (κ1) is 12.2. The van der Waals surface area contributed by atoms with E-state index in [9.17, 15) is 0 Å². The first-order valence-corrected chi connectivity index (χ1v) is 6.65. The summed E-state index contributed by atoms with van der Waals surface area (Å²) in [6.07, 6.45) is 9.40. The van der Waals surface area contributed by atoms with Crippen LogP contribution in [0.5, 0.6) is 0 Å². The minimum absolute atomic E-state index is 1.13. The average molecular weight is 225 g/mol. The zero-order valence-electron chi connectivity index (χ0n) is 10.9. The van der Waals surface area contributed by atoms with E-state index in [1.165, 1.54) is 30.4 Å². The van der Waals surface area contributed by atoms with Gasteiger partial charge in [-0.2, -0.15) is 0 Å². The summed E-state index contributed by atoms with van der Waals surface area (Å²) in [6, 6.07) is 10.7. The van der Waals surface area contributed by atoms with E-state index in [4.69, 9.17) is 0 Å². The Balaban J connectivity index is 2.22. The molecule has 0 heteroatoms. The van der Waals surface area contributed by atoms with Gasteiger partial charge in [-0.1, -0.05) is 68.3 Å². The number of hydrogen-bond acceptors (Lipinski definition) is 0. The molecule has 89 valence electrons. The Kier molecular flexibility index (Phi) is 4.19. The SMILES string of the molecule is CCCC1=CC=C(c2ccccc2)C[C]1CC. The molecule has 0 atom stereocenters. The van der Waals surface area contributed by atoms with Gasteiger partial charge < -0.3 is 0 Å². The minimum atomic E-state index is 1.13. The van der Waals surface area contributed by atoms with Gasteiger partial charge in [0.1, 0.15) is 0 Å². The van der Waals surface area contributed by atoms with Crippen LogP contribution in [0.3, 0.4) is 0 Å². The predicted molar refractivity (Wildman–Crippen MR) is 75.6 cm³/mol. The van der Waals surface area contributed by atoms with E-state index < -0.39 is 0 Å². The van der Waals surface area contributed by atoms with E-state index in [0.29, 0.717) is 0 Å². The molecule has 1 radical (unpaired) electrons. The average Bonchev–Trinajstić information content (AvgIpc) is 2.40. The second-order valence-electron chi connectivity index (χ2n) is 4.63. The van der Waals surface area contributed by atoms with Crippen LogP contribution in [0, 0.1) is 5.92 Å². The smallest absolute Gasteiger partial charge is 0.00497 e.